The molecular weight excluding hydrogens is 396 g/mol. The maximum Gasteiger partial charge on any atom is 0.270 e. The van der Waals surface area contributed by atoms with Crippen molar-refractivity contribution >= 4 is 29.3 Å². The number of primary amides is 1. The summed E-state index contributed by atoms with van der Waals surface area (Å²) in [7, 11) is 0. The normalized spacial score (nSPS) is 15.1. The number of likely N-dealkylation sites (tertiary alicyclic amines) is 1. The molecule has 0 aliphatic carbocycles. The Bertz CT molecular complexity index is 964. The molecule has 3 N–H and O–H groups in total. The van der Waals surface area contributed by atoms with Crippen LogP contribution in [0.2, 0.25) is 0 Å². The van der Waals surface area contributed by atoms with Crippen LogP contribution in [-0.4, -0.2) is 41.3 Å². The molecule has 0 saturated carbocycles. The van der Waals surface area contributed by atoms with Gasteiger partial charge in [-0.05, 0) is 61.7 Å². The number of nitrogens with two attached hydrogens (primary N) is 1. The first-order valence-electron chi connectivity index (χ1n) is 10.2. The molecule has 162 valence electrons. The highest BCUT2D eigenvalue weighted by molar-refractivity contribution is 6.01. The lowest BCUT2D eigenvalue weighted by Crippen LogP contribution is -2.39. The van der Waals surface area contributed by atoms with Crippen molar-refractivity contribution in [3.63, 3.8) is 0 Å². The molecule has 1 saturated heterocycles. The highest BCUT2D eigenvalue weighted by Gasteiger charge is 2.22. The molecule has 2 amide bonds. The van der Waals surface area contributed by atoms with Crippen molar-refractivity contribution in [1.29, 1.82) is 0 Å². The van der Waals surface area contributed by atoms with Crippen molar-refractivity contribution in [2.24, 2.45) is 11.7 Å². The van der Waals surface area contributed by atoms with Gasteiger partial charge in [0.15, 0.2) is 0 Å². The SMILES string of the molecule is NC(=O)C1CCN(CCc2ccc(NC(=O)/C=C/c3cccc([N+](=O)[O-])c3)cc2)CC1. The Labute approximate surface area is 180 Å². The number of hydrogen-bond acceptors (Lipinski definition) is 5. The van der Waals surface area contributed by atoms with Crippen molar-refractivity contribution in [1.82, 2.24) is 4.90 Å². The minimum atomic E-state index is -0.470. The minimum Gasteiger partial charge on any atom is -0.369 e. The number of nitro benzene ring substituents is 1. The van der Waals surface area contributed by atoms with E-state index in [0.29, 0.717) is 11.3 Å². The van der Waals surface area contributed by atoms with Gasteiger partial charge in [-0.1, -0.05) is 24.3 Å². The van der Waals surface area contributed by atoms with Crippen LogP contribution in [0.1, 0.15) is 24.0 Å². The number of anilines is 1. The van der Waals surface area contributed by atoms with Crippen LogP contribution in [0, 0.1) is 16.0 Å². The van der Waals surface area contributed by atoms with Gasteiger partial charge in [0.05, 0.1) is 4.92 Å². The molecule has 8 heteroatoms. The van der Waals surface area contributed by atoms with E-state index in [1.165, 1.54) is 29.8 Å². The van der Waals surface area contributed by atoms with E-state index in [0.717, 1.165) is 38.9 Å². The largest absolute Gasteiger partial charge is 0.369 e. The fourth-order valence-electron chi connectivity index (χ4n) is 3.58. The van der Waals surface area contributed by atoms with Crippen LogP contribution < -0.4 is 11.1 Å². The number of amides is 2. The lowest BCUT2D eigenvalue weighted by Gasteiger charge is -2.30. The summed E-state index contributed by atoms with van der Waals surface area (Å²) >= 11 is 0. The Morgan fingerprint density at radius 1 is 1.16 bits per heavy atom. The average Bonchev–Trinajstić information content (AvgIpc) is 2.77. The zero-order valence-corrected chi connectivity index (χ0v) is 17.2. The van der Waals surface area contributed by atoms with E-state index in [4.69, 9.17) is 5.73 Å². The van der Waals surface area contributed by atoms with E-state index < -0.39 is 4.92 Å². The highest BCUT2D eigenvalue weighted by atomic mass is 16.6. The van der Waals surface area contributed by atoms with Gasteiger partial charge in [-0.25, -0.2) is 0 Å². The molecule has 1 aliphatic rings. The quantitative estimate of drug-likeness (QED) is 0.385. The number of nitrogens with zero attached hydrogens (tertiary/aromatic N) is 2. The van der Waals surface area contributed by atoms with Crippen molar-refractivity contribution in [2.45, 2.75) is 19.3 Å². The number of carbonyl (C=O) groups excluding carboxylic acids is 2. The monoisotopic (exact) mass is 422 g/mol. The first-order valence-corrected chi connectivity index (χ1v) is 10.2. The summed E-state index contributed by atoms with van der Waals surface area (Å²) in [4.78, 5) is 36.1. The standard InChI is InChI=1S/C23H26N4O4/c24-23(29)19-11-14-26(15-12-19)13-10-17-4-7-20(8-5-17)25-22(28)9-6-18-2-1-3-21(16-18)27(30)31/h1-9,16,19H,10-15H2,(H2,24,29)(H,25,28)/b9-6+. The molecule has 8 nitrogen and oxygen atoms in total. The van der Waals surface area contributed by atoms with E-state index in [9.17, 15) is 19.7 Å². The van der Waals surface area contributed by atoms with Crippen LogP contribution >= 0.6 is 0 Å². The maximum absolute atomic E-state index is 12.1. The summed E-state index contributed by atoms with van der Waals surface area (Å²) in [5, 5.41) is 13.6. The summed E-state index contributed by atoms with van der Waals surface area (Å²) in [6.07, 6.45) is 5.43. The second-order valence-corrected chi connectivity index (χ2v) is 7.64. The molecule has 0 spiro atoms. The molecule has 0 radical (unpaired) electrons. The van der Waals surface area contributed by atoms with E-state index in [-0.39, 0.29) is 23.4 Å². The zero-order chi connectivity index (χ0) is 22.2. The zero-order valence-electron chi connectivity index (χ0n) is 17.2. The number of carbonyl (C=O) groups is 2. The van der Waals surface area contributed by atoms with E-state index in [2.05, 4.69) is 10.2 Å². The summed E-state index contributed by atoms with van der Waals surface area (Å²) < 4.78 is 0. The minimum absolute atomic E-state index is 0.00482. The maximum atomic E-state index is 12.1. The topological polar surface area (TPSA) is 119 Å². The van der Waals surface area contributed by atoms with Gasteiger partial charge >= 0.3 is 0 Å². The summed E-state index contributed by atoms with van der Waals surface area (Å²) in [5.41, 5.74) is 7.79. The number of benzene rings is 2. The smallest absolute Gasteiger partial charge is 0.270 e. The average molecular weight is 422 g/mol. The van der Waals surface area contributed by atoms with Gasteiger partial charge in [-0.2, -0.15) is 0 Å². The third-order valence-corrected chi connectivity index (χ3v) is 5.44. The first kappa shape index (κ1) is 22.2. The first-order chi connectivity index (χ1) is 14.9. The summed E-state index contributed by atoms with van der Waals surface area (Å²) in [6, 6.07) is 13.8. The Hall–Kier alpha value is -3.52. The predicted molar refractivity (Wildman–Crippen MR) is 119 cm³/mol. The molecule has 0 bridgehead atoms. The van der Waals surface area contributed by atoms with Crippen LogP contribution in [0.5, 0.6) is 0 Å². The highest BCUT2D eigenvalue weighted by Crippen LogP contribution is 2.18. The second kappa shape index (κ2) is 10.5. The van der Waals surface area contributed by atoms with Gasteiger partial charge in [-0.3, -0.25) is 19.7 Å². The van der Waals surface area contributed by atoms with Crippen LogP contribution in [0.25, 0.3) is 6.08 Å². The van der Waals surface area contributed by atoms with Crippen molar-refractivity contribution in [3.05, 3.63) is 75.8 Å². The molecule has 3 rings (SSSR count). The number of hydrogen-bond donors (Lipinski definition) is 2. The Morgan fingerprint density at radius 2 is 1.87 bits per heavy atom. The van der Waals surface area contributed by atoms with Gasteiger partial charge in [0, 0.05) is 36.4 Å². The number of non-ortho nitro benzene ring substituents is 1. The second-order valence-electron chi connectivity index (χ2n) is 7.64. The van der Waals surface area contributed by atoms with Crippen molar-refractivity contribution in [3.8, 4) is 0 Å². The third-order valence-electron chi connectivity index (χ3n) is 5.44. The van der Waals surface area contributed by atoms with Crippen LogP contribution in [0.4, 0.5) is 11.4 Å². The molecule has 31 heavy (non-hydrogen) atoms. The molecule has 2 aromatic carbocycles. The summed E-state index contributed by atoms with van der Waals surface area (Å²) in [6.45, 7) is 2.69. The fraction of sp³-hybridized carbons (Fsp3) is 0.304. The van der Waals surface area contributed by atoms with Crippen LogP contribution in [0.15, 0.2) is 54.6 Å². The van der Waals surface area contributed by atoms with Crippen LogP contribution in [-0.2, 0) is 16.0 Å². The third kappa shape index (κ3) is 6.75. The molecule has 0 unspecified atom stereocenters. The van der Waals surface area contributed by atoms with Crippen molar-refractivity contribution in [2.75, 3.05) is 25.0 Å². The molecule has 1 heterocycles. The van der Waals surface area contributed by atoms with Crippen LogP contribution in [0.3, 0.4) is 0 Å². The Balaban J connectivity index is 1.46. The van der Waals surface area contributed by atoms with Gasteiger partial charge < -0.3 is 16.0 Å². The van der Waals surface area contributed by atoms with Gasteiger partial charge in [0.2, 0.25) is 11.8 Å². The van der Waals surface area contributed by atoms with E-state index in [1.54, 1.807) is 12.1 Å². The van der Waals surface area contributed by atoms with Gasteiger partial charge in [0.1, 0.15) is 0 Å². The number of nitrogens with one attached hydrogen (secondary N) is 1. The lowest BCUT2D eigenvalue weighted by atomic mass is 9.96. The Morgan fingerprint density at radius 3 is 2.52 bits per heavy atom. The van der Waals surface area contributed by atoms with E-state index >= 15 is 0 Å². The summed E-state index contributed by atoms with van der Waals surface area (Å²) in [5.74, 6) is -0.501. The predicted octanol–water partition coefficient (Wildman–Crippen LogP) is 2.99. The molecule has 1 aliphatic heterocycles. The number of nitro groups is 1. The Kier molecular flexibility index (Phi) is 7.50. The number of rotatable bonds is 8. The molecule has 0 aromatic heterocycles. The molecule has 1 fully saturated rings. The number of piperidine rings is 1. The lowest BCUT2D eigenvalue weighted by molar-refractivity contribution is -0.384. The van der Waals surface area contributed by atoms with Gasteiger partial charge in [-0.15, -0.1) is 0 Å². The van der Waals surface area contributed by atoms with E-state index in [1.807, 2.05) is 24.3 Å². The fourth-order valence-corrected chi connectivity index (χ4v) is 3.58. The van der Waals surface area contributed by atoms with Crippen molar-refractivity contribution < 1.29 is 14.5 Å². The molecule has 2 aromatic rings. The van der Waals surface area contributed by atoms with Gasteiger partial charge in [0.25, 0.3) is 5.69 Å². The molecule has 0 atom stereocenters. The molecular formula is C23H26N4O4.